The number of urea groups is 1. The number of nitrogens with zero attached hydrogens (tertiary/aromatic N) is 1. The zero-order valence-corrected chi connectivity index (χ0v) is 11.6. The van der Waals surface area contributed by atoms with Gasteiger partial charge in [-0.3, -0.25) is 0 Å². The molecule has 0 saturated carbocycles. The van der Waals surface area contributed by atoms with Crippen LogP contribution in [0.5, 0.6) is 0 Å². The average Bonchev–Trinajstić information content (AvgIpc) is 2.33. The summed E-state index contributed by atoms with van der Waals surface area (Å²) in [5, 5.41) is 12.4. The molecule has 0 bridgehead atoms. The molecule has 4 nitrogen and oxygen atoms in total. The second-order valence-corrected chi connectivity index (χ2v) is 5.08. The van der Waals surface area contributed by atoms with Gasteiger partial charge >= 0.3 is 6.03 Å². The Labute approximate surface area is 113 Å². The predicted molar refractivity (Wildman–Crippen MR) is 72.2 cm³/mol. The molecular formula is C14H21FN2O2. The van der Waals surface area contributed by atoms with Crippen molar-refractivity contribution in [2.24, 2.45) is 0 Å². The van der Waals surface area contributed by atoms with Gasteiger partial charge < -0.3 is 15.3 Å². The Morgan fingerprint density at radius 2 is 2.05 bits per heavy atom. The van der Waals surface area contributed by atoms with Crippen LogP contribution in [-0.4, -0.2) is 34.7 Å². The minimum Gasteiger partial charge on any atom is -0.389 e. The number of carbonyl (C=O) groups is 1. The fourth-order valence-corrected chi connectivity index (χ4v) is 1.72. The molecule has 0 aliphatic carbocycles. The molecule has 0 spiro atoms. The maximum atomic E-state index is 13.4. The van der Waals surface area contributed by atoms with Gasteiger partial charge in [-0.25, -0.2) is 9.18 Å². The number of aliphatic hydroxyl groups is 1. The van der Waals surface area contributed by atoms with Gasteiger partial charge in [0.1, 0.15) is 5.82 Å². The van der Waals surface area contributed by atoms with Crippen LogP contribution in [-0.2, 0) is 6.54 Å². The second kappa shape index (κ2) is 6.52. The van der Waals surface area contributed by atoms with E-state index in [9.17, 15) is 14.3 Å². The van der Waals surface area contributed by atoms with Gasteiger partial charge in [0.15, 0.2) is 0 Å². The third-order valence-electron chi connectivity index (χ3n) is 2.63. The molecule has 1 rings (SSSR count). The monoisotopic (exact) mass is 268 g/mol. The molecule has 0 atom stereocenters. The van der Waals surface area contributed by atoms with Gasteiger partial charge in [-0.05, 0) is 26.8 Å². The Hall–Kier alpha value is -1.62. The first-order chi connectivity index (χ1) is 8.83. The Balaban J connectivity index is 2.57. The van der Waals surface area contributed by atoms with Crippen LogP contribution in [0.4, 0.5) is 9.18 Å². The minimum absolute atomic E-state index is 0.133. The molecule has 1 aromatic carbocycles. The van der Waals surface area contributed by atoms with Crippen molar-refractivity contribution in [1.82, 2.24) is 10.2 Å². The van der Waals surface area contributed by atoms with Crippen LogP contribution in [0.1, 0.15) is 26.3 Å². The van der Waals surface area contributed by atoms with E-state index in [0.717, 1.165) is 0 Å². The van der Waals surface area contributed by atoms with Crippen LogP contribution in [0.2, 0.25) is 0 Å². The summed E-state index contributed by atoms with van der Waals surface area (Å²) in [5.41, 5.74) is -0.513. The quantitative estimate of drug-likeness (QED) is 0.859. The summed E-state index contributed by atoms with van der Waals surface area (Å²) >= 11 is 0. The summed E-state index contributed by atoms with van der Waals surface area (Å²) in [7, 11) is 0. The molecule has 5 heteroatoms. The number of benzene rings is 1. The molecule has 0 aliphatic rings. The lowest BCUT2D eigenvalue weighted by Crippen LogP contribution is -2.46. The van der Waals surface area contributed by atoms with Gasteiger partial charge in [0, 0.05) is 18.7 Å². The lowest BCUT2D eigenvalue weighted by atomic mass is 10.1. The van der Waals surface area contributed by atoms with Crippen molar-refractivity contribution in [3.63, 3.8) is 0 Å². The van der Waals surface area contributed by atoms with E-state index in [1.165, 1.54) is 11.0 Å². The Morgan fingerprint density at radius 3 is 2.58 bits per heavy atom. The molecule has 2 N–H and O–H groups in total. The molecule has 19 heavy (non-hydrogen) atoms. The normalized spacial score (nSPS) is 11.2. The van der Waals surface area contributed by atoms with Crippen LogP contribution in [0.25, 0.3) is 0 Å². The van der Waals surface area contributed by atoms with Crippen LogP contribution in [0.3, 0.4) is 0 Å². The van der Waals surface area contributed by atoms with Crippen LogP contribution in [0, 0.1) is 5.82 Å². The number of carbonyl (C=O) groups excluding carboxylic acids is 1. The largest absolute Gasteiger partial charge is 0.389 e. The number of likely N-dealkylation sites (N-methyl/N-ethyl adjacent to an activating group) is 1. The predicted octanol–water partition coefficient (Wildman–Crippen LogP) is 2.13. The first-order valence-electron chi connectivity index (χ1n) is 6.32. The van der Waals surface area contributed by atoms with Crippen molar-refractivity contribution >= 4 is 6.03 Å². The summed E-state index contributed by atoms with van der Waals surface area (Å²) in [6, 6.07) is 6.00. The number of rotatable bonds is 5. The highest BCUT2D eigenvalue weighted by atomic mass is 19.1. The molecule has 0 radical (unpaired) electrons. The smallest absolute Gasteiger partial charge is 0.317 e. The van der Waals surface area contributed by atoms with E-state index < -0.39 is 5.60 Å². The molecule has 1 aromatic rings. The van der Waals surface area contributed by atoms with E-state index in [2.05, 4.69) is 5.32 Å². The molecule has 106 valence electrons. The maximum absolute atomic E-state index is 13.4. The lowest BCUT2D eigenvalue weighted by Gasteiger charge is -2.28. The molecule has 0 aliphatic heterocycles. The van der Waals surface area contributed by atoms with Gasteiger partial charge in [-0.2, -0.15) is 0 Å². The summed E-state index contributed by atoms with van der Waals surface area (Å²) in [6.45, 7) is 5.95. The molecule has 0 saturated heterocycles. The summed E-state index contributed by atoms with van der Waals surface area (Å²) in [6.07, 6.45) is 0. The molecule has 0 heterocycles. The van der Waals surface area contributed by atoms with E-state index in [-0.39, 0.29) is 24.9 Å². The van der Waals surface area contributed by atoms with Crippen molar-refractivity contribution < 1.29 is 14.3 Å². The maximum Gasteiger partial charge on any atom is 0.317 e. The van der Waals surface area contributed by atoms with Crippen LogP contribution < -0.4 is 5.32 Å². The standard InChI is InChI=1S/C14H21FN2O2/c1-4-17(10-14(2,3)19)13(18)16-9-11-7-5-6-8-12(11)15/h5-8,19H,4,9-10H2,1-3H3,(H,16,18). The fraction of sp³-hybridized carbons (Fsp3) is 0.500. The third-order valence-corrected chi connectivity index (χ3v) is 2.63. The van der Waals surface area contributed by atoms with Crippen molar-refractivity contribution in [2.45, 2.75) is 32.9 Å². The highest BCUT2D eigenvalue weighted by Gasteiger charge is 2.21. The first kappa shape index (κ1) is 15.4. The summed E-state index contributed by atoms with van der Waals surface area (Å²) in [4.78, 5) is 13.4. The Bertz CT molecular complexity index is 430. The zero-order chi connectivity index (χ0) is 14.5. The van der Waals surface area contributed by atoms with Crippen molar-refractivity contribution in [1.29, 1.82) is 0 Å². The number of halogens is 1. The van der Waals surface area contributed by atoms with Crippen LogP contribution in [0.15, 0.2) is 24.3 Å². The molecule has 0 fully saturated rings. The SMILES string of the molecule is CCN(CC(C)(C)O)C(=O)NCc1ccccc1F. The average molecular weight is 268 g/mol. The first-order valence-corrected chi connectivity index (χ1v) is 6.32. The highest BCUT2D eigenvalue weighted by molar-refractivity contribution is 5.74. The van der Waals surface area contributed by atoms with E-state index in [1.807, 2.05) is 6.92 Å². The van der Waals surface area contributed by atoms with Gasteiger partial charge in [0.05, 0.1) is 12.1 Å². The molecular weight excluding hydrogens is 247 g/mol. The van der Waals surface area contributed by atoms with Crippen LogP contribution >= 0.6 is 0 Å². The Morgan fingerprint density at radius 1 is 1.42 bits per heavy atom. The molecule has 0 aromatic heterocycles. The van der Waals surface area contributed by atoms with E-state index in [0.29, 0.717) is 12.1 Å². The van der Waals surface area contributed by atoms with Crippen molar-refractivity contribution in [3.8, 4) is 0 Å². The lowest BCUT2D eigenvalue weighted by molar-refractivity contribution is 0.0479. The summed E-state index contributed by atoms with van der Waals surface area (Å²) < 4.78 is 13.4. The number of amides is 2. The van der Waals surface area contributed by atoms with Gasteiger partial charge in [0.25, 0.3) is 0 Å². The van der Waals surface area contributed by atoms with Gasteiger partial charge in [-0.15, -0.1) is 0 Å². The topological polar surface area (TPSA) is 52.6 Å². The Kier molecular flexibility index (Phi) is 5.30. The van der Waals surface area contributed by atoms with Crippen molar-refractivity contribution in [3.05, 3.63) is 35.6 Å². The van der Waals surface area contributed by atoms with Gasteiger partial charge in [-0.1, -0.05) is 18.2 Å². The van der Waals surface area contributed by atoms with E-state index in [4.69, 9.17) is 0 Å². The number of hydrogen-bond donors (Lipinski definition) is 2. The van der Waals surface area contributed by atoms with Crippen molar-refractivity contribution in [2.75, 3.05) is 13.1 Å². The summed E-state index contributed by atoms with van der Waals surface area (Å²) in [5.74, 6) is -0.340. The van der Waals surface area contributed by atoms with E-state index >= 15 is 0 Å². The number of hydrogen-bond acceptors (Lipinski definition) is 2. The molecule has 0 unspecified atom stereocenters. The zero-order valence-electron chi connectivity index (χ0n) is 11.6. The third kappa shape index (κ3) is 5.26. The number of nitrogens with one attached hydrogen (secondary N) is 1. The fourth-order valence-electron chi connectivity index (χ4n) is 1.72. The second-order valence-electron chi connectivity index (χ2n) is 5.08. The van der Waals surface area contributed by atoms with Gasteiger partial charge in [0.2, 0.25) is 0 Å². The molecule has 2 amide bonds. The minimum atomic E-state index is -0.953. The highest BCUT2D eigenvalue weighted by Crippen LogP contribution is 2.07. The van der Waals surface area contributed by atoms with E-state index in [1.54, 1.807) is 32.0 Å².